The zero-order valence-electron chi connectivity index (χ0n) is 6.29. The van der Waals surface area contributed by atoms with Crippen LogP contribution in [0.1, 0.15) is 12.8 Å². The molecule has 0 aromatic carbocycles. The number of aliphatic carboxylic acids is 1. The normalized spacial score (nSPS) is 25.7. The molecule has 1 fully saturated rings. The van der Waals surface area contributed by atoms with Gasteiger partial charge in [-0.2, -0.15) is 0 Å². The minimum absolute atomic E-state index is 0.284. The van der Waals surface area contributed by atoms with Crippen LogP contribution in [0.4, 0.5) is 0 Å². The van der Waals surface area contributed by atoms with Crippen molar-refractivity contribution in [3.05, 3.63) is 0 Å². The van der Waals surface area contributed by atoms with Crippen molar-refractivity contribution in [3.8, 4) is 0 Å². The molecule has 1 aliphatic heterocycles. The SMILES string of the molecule is O=C(O)[C@H]1CCCN1CCCl. The second kappa shape index (κ2) is 3.93. The average Bonchev–Trinajstić information content (AvgIpc) is 2.36. The third kappa shape index (κ3) is 2.07. The molecular weight excluding hydrogens is 166 g/mol. The van der Waals surface area contributed by atoms with Crippen molar-refractivity contribution in [1.82, 2.24) is 4.90 Å². The van der Waals surface area contributed by atoms with Gasteiger partial charge in [0.2, 0.25) is 0 Å². The van der Waals surface area contributed by atoms with E-state index >= 15 is 0 Å². The highest BCUT2D eigenvalue weighted by molar-refractivity contribution is 6.18. The third-order valence-electron chi connectivity index (χ3n) is 2.02. The van der Waals surface area contributed by atoms with Crippen molar-refractivity contribution in [2.75, 3.05) is 19.0 Å². The van der Waals surface area contributed by atoms with E-state index in [0.29, 0.717) is 12.4 Å². The second-order valence-electron chi connectivity index (χ2n) is 2.72. The number of carboxylic acid groups (broad SMARTS) is 1. The number of nitrogens with zero attached hydrogens (tertiary/aromatic N) is 1. The van der Waals surface area contributed by atoms with Gasteiger partial charge in [-0.15, -0.1) is 11.6 Å². The van der Waals surface area contributed by atoms with Crippen molar-refractivity contribution in [3.63, 3.8) is 0 Å². The summed E-state index contributed by atoms with van der Waals surface area (Å²) in [6.07, 6.45) is 1.75. The number of alkyl halides is 1. The molecule has 1 aliphatic rings. The van der Waals surface area contributed by atoms with Crippen LogP contribution in [0.25, 0.3) is 0 Å². The van der Waals surface area contributed by atoms with Crippen LogP contribution >= 0.6 is 11.6 Å². The van der Waals surface area contributed by atoms with Crippen LogP contribution in [0, 0.1) is 0 Å². The van der Waals surface area contributed by atoms with Gasteiger partial charge in [0, 0.05) is 12.4 Å². The van der Waals surface area contributed by atoms with Gasteiger partial charge in [-0.25, -0.2) is 0 Å². The summed E-state index contributed by atoms with van der Waals surface area (Å²) in [7, 11) is 0. The van der Waals surface area contributed by atoms with E-state index in [4.69, 9.17) is 16.7 Å². The maximum absolute atomic E-state index is 10.6. The molecule has 0 aromatic heterocycles. The van der Waals surface area contributed by atoms with Crippen molar-refractivity contribution in [2.45, 2.75) is 18.9 Å². The Bertz CT molecular complexity index is 151. The monoisotopic (exact) mass is 177 g/mol. The highest BCUT2D eigenvalue weighted by Crippen LogP contribution is 2.16. The molecule has 64 valence electrons. The molecule has 1 rings (SSSR count). The lowest BCUT2D eigenvalue weighted by Gasteiger charge is -2.18. The van der Waals surface area contributed by atoms with Gasteiger partial charge in [0.15, 0.2) is 0 Å². The number of rotatable bonds is 3. The summed E-state index contributed by atoms with van der Waals surface area (Å²) in [5.74, 6) is -0.198. The lowest BCUT2D eigenvalue weighted by Crippen LogP contribution is -2.37. The minimum Gasteiger partial charge on any atom is -0.480 e. The number of hydrogen-bond acceptors (Lipinski definition) is 2. The molecule has 0 bridgehead atoms. The lowest BCUT2D eigenvalue weighted by atomic mass is 10.2. The van der Waals surface area contributed by atoms with Crippen LogP contribution in [-0.2, 0) is 4.79 Å². The Morgan fingerprint density at radius 2 is 2.45 bits per heavy atom. The maximum Gasteiger partial charge on any atom is 0.320 e. The summed E-state index contributed by atoms with van der Waals surface area (Å²) in [6, 6.07) is -0.284. The van der Waals surface area contributed by atoms with E-state index in [1.54, 1.807) is 0 Å². The van der Waals surface area contributed by atoms with Crippen LogP contribution < -0.4 is 0 Å². The standard InChI is InChI=1S/C7H12ClNO2/c8-3-5-9-4-1-2-6(9)7(10)11/h6H,1-5H2,(H,10,11)/t6-/m1/s1. The highest BCUT2D eigenvalue weighted by atomic mass is 35.5. The second-order valence-corrected chi connectivity index (χ2v) is 3.10. The van der Waals surface area contributed by atoms with Gasteiger partial charge in [-0.3, -0.25) is 9.69 Å². The minimum atomic E-state index is -0.715. The molecule has 1 heterocycles. The Hall–Kier alpha value is -0.280. The molecule has 11 heavy (non-hydrogen) atoms. The topological polar surface area (TPSA) is 40.5 Å². The van der Waals surface area contributed by atoms with Gasteiger partial charge < -0.3 is 5.11 Å². The smallest absolute Gasteiger partial charge is 0.320 e. The fourth-order valence-corrected chi connectivity index (χ4v) is 1.70. The Balaban J connectivity index is 2.44. The van der Waals surface area contributed by atoms with Crippen LogP contribution in [-0.4, -0.2) is 41.0 Å². The zero-order valence-corrected chi connectivity index (χ0v) is 7.05. The molecule has 0 aliphatic carbocycles. The number of hydrogen-bond donors (Lipinski definition) is 1. The van der Waals surface area contributed by atoms with E-state index in [-0.39, 0.29) is 6.04 Å². The van der Waals surface area contributed by atoms with E-state index in [1.165, 1.54) is 0 Å². The predicted molar refractivity (Wildman–Crippen MR) is 43.0 cm³/mol. The number of halogens is 1. The first kappa shape index (κ1) is 8.81. The number of carbonyl (C=O) groups is 1. The summed E-state index contributed by atoms with van der Waals surface area (Å²) >= 11 is 5.52. The van der Waals surface area contributed by atoms with E-state index < -0.39 is 5.97 Å². The Morgan fingerprint density at radius 3 is 3.00 bits per heavy atom. The molecule has 1 N–H and O–H groups in total. The molecule has 1 saturated heterocycles. The molecular formula is C7H12ClNO2. The quantitative estimate of drug-likeness (QED) is 0.648. The van der Waals surface area contributed by atoms with E-state index in [2.05, 4.69) is 0 Å². The first-order valence-corrected chi connectivity index (χ1v) is 4.32. The maximum atomic E-state index is 10.6. The predicted octanol–water partition coefficient (Wildman–Crippen LogP) is 0.774. The van der Waals surface area contributed by atoms with Crippen LogP contribution in [0.5, 0.6) is 0 Å². The third-order valence-corrected chi connectivity index (χ3v) is 2.19. The van der Waals surface area contributed by atoms with E-state index in [1.807, 2.05) is 4.90 Å². The molecule has 0 unspecified atom stereocenters. The summed E-state index contributed by atoms with van der Waals surface area (Å²) in [6.45, 7) is 1.57. The molecule has 0 spiro atoms. The van der Waals surface area contributed by atoms with Gasteiger partial charge in [-0.05, 0) is 19.4 Å². The van der Waals surface area contributed by atoms with Crippen molar-refractivity contribution >= 4 is 17.6 Å². The first-order valence-electron chi connectivity index (χ1n) is 3.78. The Labute approximate surface area is 70.9 Å². The van der Waals surface area contributed by atoms with E-state index in [0.717, 1.165) is 19.4 Å². The fourth-order valence-electron chi connectivity index (χ4n) is 1.48. The van der Waals surface area contributed by atoms with Crippen molar-refractivity contribution in [1.29, 1.82) is 0 Å². The van der Waals surface area contributed by atoms with Crippen LogP contribution in [0.2, 0.25) is 0 Å². The van der Waals surface area contributed by atoms with Gasteiger partial charge in [0.25, 0.3) is 0 Å². The van der Waals surface area contributed by atoms with Gasteiger partial charge >= 0.3 is 5.97 Å². The van der Waals surface area contributed by atoms with Crippen LogP contribution in [0.15, 0.2) is 0 Å². The van der Waals surface area contributed by atoms with Gasteiger partial charge in [-0.1, -0.05) is 0 Å². The highest BCUT2D eigenvalue weighted by Gasteiger charge is 2.29. The first-order chi connectivity index (χ1) is 5.25. The van der Waals surface area contributed by atoms with Crippen LogP contribution in [0.3, 0.4) is 0 Å². The molecule has 0 amide bonds. The van der Waals surface area contributed by atoms with Gasteiger partial charge in [0.1, 0.15) is 6.04 Å². The molecule has 0 aromatic rings. The van der Waals surface area contributed by atoms with E-state index in [9.17, 15) is 4.79 Å². The molecule has 0 radical (unpaired) electrons. The zero-order chi connectivity index (χ0) is 8.27. The Morgan fingerprint density at radius 1 is 1.73 bits per heavy atom. The molecule has 0 saturated carbocycles. The molecule has 1 atom stereocenters. The van der Waals surface area contributed by atoms with Crippen molar-refractivity contribution in [2.24, 2.45) is 0 Å². The average molecular weight is 178 g/mol. The summed E-state index contributed by atoms with van der Waals surface area (Å²) in [5, 5.41) is 8.73. The largest absolute Gasteiger partial charge is 0.480 e. The molecule has 3 nitrogen and oxygen atoms in total. The summed E-state index contributed by atoms with van der Waals surface area (Å²) < 4.78 is 0. The Kier molecular flexibility index (Phi) is 3.15. The summed E-state index contributed by atoms with van der Waals surface area (Å²) in [5.41, 5.74) is 0. The fraction of sp³-hybridized carbons (Fsp3) is 0.857. The molecule has 4 heteroatoms. The number of carboxylic acids is 1. The van der Waals surface area contributed by atoms with Crippen molar-refractivity contribution < 1.29 is 9.90 Å². The summed E-state index contributed by atoms with van der Waals surface area (Å²) in [4.78, 5) is 12.5. The lowest BCUT2D eigenvalue weighted by molar-refractivity contribution is -0.142. The number of likely N-dealkylation sites (tertiary alicyclic amines) is 1. The van der Waals surface area contributed by atoms with Gasteiger partial charge in [0.05, 0.1) is 0 Å².